The van der Waals surface area contributed by atoms with Gasteiger partial charge in [0.15, 0.2) is 0 Å². The number of hydrogen-bond donors (Lipinski definition) is 0. The van der Waals surface area contributed by atoms with E-state index in [1.807, 2.05) is 0 Å². The number of rotatable bonds is 5. The molecular formula is C16H12N2O4. The Morgan fingerprint density at radius 2 is 1.18 bits per heavy atom. The van der Waals surface area contributed by atoms with Crippen LogP contribution in [-0.2, 0) is 9.59 Å². The SMILES string of the molecule is COc1cc(N=C=O)ccc1-c1ccc(N=C=O)cc1OC. The van der Waals surface area contributed by atoms with Crippen LogP contribution in [0.1, 0.15) is 0 Å². The minimum Gasteiger partial charge on any atom is -0.496 e. The van der Waals surface area contributed by atoms with Gasteiger partial charge in [-0.3, -0.25) is 0 Å². The number of methoxy groups -OCH3 is 2. The minimum atomic E-state index is 0.441. The van der Waals surface area contributed by atoms with Crippen LogP contribution in [0.25, 0.3) is 11.1 Å². The number of carbonyl (C=O) groups excluding carboxylic acids is 2. The van der Waals surface area contributed by atoms with Crippen molar-refractivity contribution in [3.63, 3.8) is 0 Å². The average Bonchev–Trinajstić information content (AvgIpc) is 2.55. The van der Waals surface area contributed by atoms with Crippen molar-refractivity contribution in [2.45, 2.75) is 0 Å². The van der Waals surface area contributed by atoms with Gasteiger partial charge in [0.05, 0.1) is 25.6 Å². The van der Waals surface area contributed by atoms with Crippen LogP contribution in [0.4, 0.5) is 11.4 Å². The number of aliphatic imine (C=N–C) groups is 2. The second-order valence-corrected chi connectivity index (χ2v) is 4.18. The molecule has 0 saturated carbocycles. The third-order valence-electron chi connectivity index (χ3n) is 3.01. The van der Waals surface area contributed by atoms with Gasteiger partial charge < -0.3 is 9.47 Å². The highest BCUT2D eigenvalue weighted by Gasteiger charge is 2.12. The van der Waals surface area contributed by atoms with E-state index >= 15 is 0 Å². The first-order chi connectivity index (χ1) is 10.7. The van der Waals surface area contributed by atoms with Gasteiger partial charge in [-0.1, -0.05) is 0 Å². The summed E-state index contributed by atoms with van der Waals surface area (Å²) in [4.78, 5) is 27.8. The third kappa shape index (κ3) is 3.10. The third-order valence-corrected chi connectivity index (χ3v) is 3.01. The van der Waals surface area contributed by atoms with E-state index in [2.05, 4.69) is 9.98 Å². The van der Waals surface area contributed by atoms with Crippen LogP contribution < -0.4 is 9.47 Å². The van der Waals surface area contributed by atoms with Gasteiger partial charge in [0.25, 0.3) is 0 Å². The van der Waals surface area contributed by atoms with Gasteiger partial charge in [0.1, 0.15) is 11.5 Å². The van der Waals surface area contributed by atoms with Crippen LogP contribution in [0, 0.1) is 0 Å². The van der Waals surface area contributed by atoms with E-state index < -0.39 is 0 Å². The van der Waals surface area contributed by atoms with Gasteiger partial charge in [-0.25, -0.2) is 9.59 Å². The molecule has 6 heteroatoms. The Labute approximate surface area is 126 Å². The maximum atomic E-state index is 10.3. The predicted octanol–water partition coefficient (Wildman–Crippen LogP) is 3.31. The second kappa shape index (κ2) is 6.99. The van der Waals surface area contributed by atoms with E-state index in [0.29, 0.717) is 22.9 Å². The summed E-state index contributed by atoms with van der Waals surface area (Å²) in [5, 5.41) is 0. The first kappa shape index (κ1) is 15.2. The summed E-state index contributed by atoms with van der Waals surface area (Å²) in [5.41, 5.74) is 2.39. The molecule has 2 aromatic rings. The zero-order chi connectivity index (χ0) is 15.9. The topological polar surface area (TPSA) is 77.3 Å². The van der Waals surface area contributed by atoms with Crippen molar-refractivity contribution in [2.24, 2.45) is 9.98 Å². The summed E-state index contributed by atoms with van der Waals surface area (Å²) < 4.78 is 10.7. The number of nitrogens with zero attached hydrogens (tertiary/aromatic N) is 2. The van der Waals surface area contributed by atoms with E-state index in [-0.39, 0.29) is 0 Å². The Hall–Kier alpha value is -3.20. The largest absolute Gasteiger partial charge is 0.496 e. The van der Waals surface area contributed by atoms with E-state index in [9.17, 15) is 9.59 Å². The summed E-state index contributed by atoms with van der Waals surface area (Å²) in [7, 11) is 3.04. The number of ether oxygens (including phenoxy) is 2. The molecule has 0 amide bonds. The standard InChI is InChI=1S/C16H12N2O4/c1-21-15-7-11(17-9-19)3-5-13(15)14-6-4-12(18-10-20)8-16(14)22-2/h3-8H,1-2H3. The zero-order valence-corrected chi connectivity index (χ0v) is 12.0. The van der Waals surface area contributed by atoms with Crippen molar-refractivity contribution in [3.8, 4) is 22.6 Å². The number of hydrogen-bond acceptors (Lipinski definition) is 6. The molecule has 0 N–H and O–H groups in total. The van der Waals surface area contributed by atoms with Crippen LogP contribution in [0.5, 0.6) is 11.5 Å². The molecule has 0 radical (unpaired) electrons. The molecule has 0 aliphatic carbocycles. The molecule has 0 aliphatic rings. The summed E-state index contributed by atoms with van der Waals surface area (Å²) in [6, 6.07) is 10.1. The maximum absolute atomic E-state index is 10.3. The highest BCUT2D eigenvalue weighted by atomic mass is 16.5. The Morgan fingerprint density at radius 1 is 0.773 bits per heavy atom. The smallest absolute Gasteiger partial charge is 0.240 e. The highest BCUT2D eigenvalue weighted by molar-refractivity contribution is 5.79. The summed E-state index contributed by atoms with van der Waals surface area (Å²) in [6.07, 6.45) is 2.97. The predicted molar refractivity (Wildman–Crippen MR) is 80.5 cm³/mol. The fraction of sp³-hybridized carbons (Fsp3) is 0.125. The van der Waals surface area contributed by atoms with Crippen LogP contribution in [0.15, 0.2) is 46.4 Å². The van der Waals surface area contributed by atoms with Crippen molar-refractivity contribution in [1.29, 1.82) is 0 Å². The summed E-state index contributed by atoms with van der Waals surface area (Å²) in [6.45, 7) is 0. The molecule has 0 aliphatic heterocycles. The van der Waals surface area contributed by atoms with Crippen molar-refractivity contribution in [2.75, 3.05) is 14.2 Å². The van der Waals surface area contributed by atoms with Gasteiger partial charge in [-0.15, -0.1) is 0 Å². The lowest BCUT2D eigenvalue weighted by Crippen LogP contribution is -1.91. The van der Waals surface area contributed by atoms with E-state index in [1.165, 1.54) is 26.4 Å². The van der Waals surface area contributed by atoms with Gasteiger partial charge in [-0.2, -0.15) is 9.98 Å². The average molecular weight is 296 g/mol. The molecule has 0 bridgehead atoms. The van der Waals surface area contributed by atoms with Gasteiger partial charge in [0.2, 0.25) is 12.2 Å². The molecule has 6 nitrogen and oxygen atoms in total. The Bertz CT molecular complexity index is 721. The molecule has 0 spiro atoms. The van der Waals surface area contributed by atoms with Crippen molar-refractivity contribution in [3.05, 3.63) is 36.4 Å². The Morgan fingerprint density at radius 3 is 1.50 bits per heavy atom. The van der Waals surface area contributed by atoms with Crippen molar-refractivity contribution >= 4 is 23.5 Å². The minimum absolute atomic E-state index is 0.441. The molecule has 0 saturated heterocycles. The number of isocyanates is 2. The van der Waals surface area contributed by atoms with Crippen LogP contribution in [0.2, 0.25) is 0 Å². The molecule has 0 fully saturated rings. The van der Waals surface area contributed by atoms with Crippen molar-refractivity contribution < 1.29 is 19.1 Å². The van der Waals surface area contributed by atoms with Crippen LogP contribution >= 0.6 is 0 Å². The molecule has 0 heterocycles. The molecule has 0 unspecified atom stereocenters. The van der Waals surface area contributed by atoms with Gasteiger partial charge >= 0.3 is 0 Å². The Balaban J connectivity index is 2.60. The molecular weight excluding hydrogens is 284 g/mol. The lowest BCUT2D eigenvalue weighted by Gasteiger charge is -2.13. The van der Waals surface area contributed by atoms with Crippen molar-refractivity contribution in [1.82, 2.24) is 0 Å². The quantitative estimate of drug-likeness (QED) is 0.626. The van der Waals surface area contributed by atoms with Gasteiger partial charge in [-0.05, 0) is 24.3 Å². The summed E-state index contributed by atoms with van der Waals surface area (Å²) in [5.74, 6) is 1.06. The zero-order valence-electron chi connectivity index (χ0n) is 12.0. The monoisotopic (exact) mass is 296 g/mol. The molecule has 2 aromatic carbocycles. The van der Waals surface area contributed by atoms with Gasteiger partial charge in [0, 0.05) is 23.3 Å². The Kier molecular flexibility index (Phi) is 4.83. The molecule has 0 atom stereocenters. The molecule has 0 aromatic heterocycles. The number of benzene rings is 2. The normalized spacial score (nSPS) is 9.36. The fourth-order valence-corrected chi connectivity index (χ4v) is 2.05. The maximum Gasteiger partial charge on any atom is 0.240 e. The van der Waals surface area contributed by atoms with Crippen LogP contribution in [-0.4, -0.2) is 26.4 Å². The molecule has 110 valence electrons. The van der Waals surface area contributed by atoms with E-state index in [0.717, 1.165) is 11.1 Å². The lowest BCUT2D eigenvalue weighted by molar-refractivity contribution is 0.410. The molecule has 2 rings (SSSR count). The second-order valence-electron chi connectivity index (χ2n) is 4.18. The first-order valence-corrected chi connectivity index (χ1v) is 6.25. The first-order valence-electron chi connectivity index (χ1n) is 6.25. The molecule has 22 heavy (non-hydrogen) atoms. The highest BCUT2D eigenvalue weighted by Crippen LogP contribution is 2.39. The summed E-state index contributed by atoms with van der Waals surface area (Å²) >= 11 is 0. The lowest BCUT2D eigenvalue weighted by atomic mass is 10.0. The van der Waals surface area contributed by atoms with E-state index in [1.54, 1.807) is 36.4 Å². The van der Waals surface area contributed by atoms with Crippen LogP contribution in [0.3, 0.4) is 0 Å². The fourth-order valence-electron chi connectivity index (χ4n) is 2.05. The van der Waals surface area contributed by atoms with E-state index in [4.69, 9.17) is 9.47 Å².